The second-order valence-electron chi connectivity index (χ2n) is 7.77. The highest BCUT2D eigenvalue weighted by molar-refractivity contribution is 6.15. The van der Waals surface area contributed by atoms with Gasteiger partial charge in [-0.1, -0.05) is 12.1 Å². The summed E-state index contributed by atoms with van der Waals surface area (Å²) in [5.41, 5.74) is 2.37. The van der Waals surface area contributed by atoms with Crippen molar-refractivity contribution in [3.63, 3.8) is 0 Å². The highest BCUT2D eigenvalue weighted by Gasteiger charge is 2.26. The summed E-state index contributed by atoms with van der Waals surface area (Å²) >= 11 is 0. The van der Waals surface area contributed by atoms with E-state index in [0.29, 0.717) is 34.7 Å². The van der Waals surface area contributed by atoms with Crippen LogP contribution in [0.4, 0.5) is 16.3 Å². The number of nitrogens with zero attached hydrogens (tertiary/aromatic N) is 4. The second-order valence-corrected chi connectivity index (χ2v) is 7.77. The Balaban J connectivity index is 1.52. The van der Waals surface area contributed by atoms with Gasteiger partial charge in [-0.25, -0.2) is 4.39 Å². The summed E-state index contributed by atoms with van der Waals surface area (Å²) in [7, 11) is 0. The molecule has 158 valence electrons. The molecular weight excluding hydrogens is 401 g/mol. The van der Waals surface area contributed by atoms with Crippen LogP contribution < -0.4 is 16.0 Å². The number of hydrogen-bond donors (Lipinski definition) is 3. The van der Waals surface area contributed by atoms with Gasteiger partial charge in [-0.2, -0.15) is 19.6 Å². The minimum atomic E-state index is -0.405. The molecule has 1 saturated carbocycles. The molecule has 5 rings (SSSR count). The molecule has 2 aliphatic rings. The minimum absolute atomic E-state index is 0.0289. The first kappa shape index (κ1) is 19.2. The van der Waals surface area contributed by atoms with E-state index in [4.69, 9.17) is 0 Å². The molecule has 0 radical (unpaired) electrons. The summed E-state index contributed by atoms with van der Waals surface area (Å²) in [6, 6.07) is 6.41. The first-order valence-corrected chi connectivity index (χ1v) is 10.1. The zero-order chi connectivity index (χ0) is 21.5. The average molecular weight is 421 g/mol. The van der Waals surface area contributed by atoms with Crippen molar-refractivity contribution in [2.75, 3.05) is 10.6 Å². The number of carbonyl (C=O) groups is 2. The van der Waals surface area contributed by atoms with E-state index >= 15 is 0 Å². The number of anilines is 2. The van der Waals surface area contributed by atoms with Gasteiger partial charge in [0.25, 0.3) is 5.91 Å². The van der Waals surface area contributed by atoms with Gasteiger partial charge in [0.05, 0.1) is 18.7 Å². The first-order valence-electron chi connectivity index (χ1n) is 10.1. The van der Waals surface area contributed by atoms with Gasteiger partial charge < -0.3 is 10.6 Å². The molecule has 0 bridgehead atoms. The molecule has 3 heterocycles. The number of halogens is 1. The van der Waals surface area contributed by atoms with E-state index in [9.17, 15) is 14.0 Å². The lowest BCUT2D eigenvalue weighted by Gasteiger charge is -2.16. The van der Waals surface area contributed by atoms with Crippen molar-refractivity contribution < 1.29 is 14.0 Å². The van der Waals surface area contributed by atoms with Crippen LogP contribution in [0.15, 0.2) is 36.0 Å². The highest BCUT2D eigenvalue weighted by atomic mass is 19.1. The van der Waals surface area contributed by atoms with Crippen LogP contribution in [-0.4, -0.2) is 37.4 Å². The Kier molecular flexibility index (Phi) is 4.61. The summed E-state index contributed by atoms with van der Waals surface area (Å²) < 4.78 is 14.8. The summed E-state index contributed by atoms with van der Waals surface area (Å²) in [4.78, 5) is 32.6. The van der Waals surface area contributed by atoms with E-state index in [1.807, 2.05) is 6.92 Å². The number of hydrogen-bond acceptors (Lipinski definition) is 7. The molecule has 1 atom stereocenters. The quantitative estimate of drug-likeness (QED) is 0.414. The van der Waals surface area contributed by atoms with Crippen LogP contribution in [0.5, 0.6) is 0 Å². The highest BCUT2D eigenvalue weighted by Crippen LogP contribution is 2.27. The average Bonchev–Trinajstić information content (AvgIpc) is 3.37. The Morgan fingerprint density at radius 1 is 1.23 bits per heavy atom. The van der Waals surface area contributed by atoms with Gasteiger partial charge in [0.15, 0.2) is 5.65 Å². The van der Waals surface area contributed by atoms with Crippen LogP contribution in [0, 0.1) is 5.82 Å². The number of aromatic nitrogens is 4. The monoisotopic (exact) mass is 421 g/mol. The number of nitrogens with one attached hydrogen (secondary N) is 3. The summed E-state index contributed by atoms with van der Waals surface area (Å²) in [5.74, 6) is -0.111. The van der Waals surface area contributed by atoms with Crippen molar-refractivity contribution in [1.82, 2.24) is 24.9 Å². The van der Waals surface area contributed by atoms with E-state index in [2.05, 4.69) is 31.0 Å². The van der Waals surface area contributed by atoms with Crippen molar-refractivity contribution in [3.05, 3.63) is 53.0 Å². The SMILES string of the molecule is C[C@@H](Nc1nc(NC2CC2)n2ncc(/C=C3\CC(=O)NC3=O)c2n1)c1ccc(F)cc1. The van der Waals surface area contributed by atoms with E-state index < -0.39 is 5.91 Å². The Morgan fingerprint density at radius 2 is 2.00 bits per heavy atom. The Morgan fingerprint density at radius 3 is 2.68 bits per heavy atom. The molecule has 1 aliphatic heterocycles. The van der Waals surface area contributed by atoms with Crippen molar-refractivity contribution in [2.24, 2.45) is 0 Å². The number of benzene rings is 1. The van der Waals surface area contributed by atoms with Gasteiger partial charge >= 0.3 is 0 Å². The molecule has 1 aromatic carbocycles. The normalized spacial score (nSPS) is 18.5. The number of fused-ring (bicyclic) bond motifs is 1. The molecule has 3 N–H and O–H groups in total. The van der Waals surface area contributed by atoms with Crippen molar-refractivity contribution >= 4 is 35.4 Å². The van der Waals surface area contributed by atoms with Crippen LogP contribution in [0.25, 0.3) is 11.7 Å². The van der Waals surface area contributed by atoms with E-state index in [0.717, 1.165) is 18.4 Å². The lowest BCUT2D eigenvalue weighted by Crippen LogP contribution is -2.19. The van der Waals surface area contributed by atoms with Gasteiger partial charge in [-0.15, -0.1) is 0 Å². The maximum atomic E-state index is 13.2. The summed E-state index contributed by atoms with van der Waals surface area (Å²) in [6.45, 7) is 1.93. The molecule has 0 spiro atoms. The molecule has 3 aromatic rings. The fourth-order valence-corrected chi connectivity index (χ4v) is 3.40. The van der Waals surface area contributed by atoms with Crippen molar-refractivity contribution in [2.45, 2.75) is 38.3 Å². The second kappa shape index (κ2) is 7.46. The standard InChI is InChI=1S/C21H20FN7O2/c1-11(12-2-4-15(22)5-3-12)24-20-27-18-14(8-13-9-17(30)26-19(13)31)10-23-29(18)21(28-20)25-16-6-7-16/h2-5,8,10-11,16H,6-7,9H2,1H3,(H,26,30,31)(H2,24,25,27,28)/b13-8+/t11-/m1/s1. The fraction of sp³-hybridized carbons (Fsp3) is 0.286. The Hall–Kier alpha value is -3.82. The number of carbonyl (C=O) groups excluding carboxylic acids is 2. The minimum Gasteiger partial charge on any atom is -0.351 e. The number of rotatable bonds is 6. The van der Waals surface area contributed by atoms with Crippen molar-refractivity contribution in [3.8, 4) is 0 Å². The number of amides is 2. The van der Waals surface area contributed by atoms with E-state index in [1.54, 1.807) is 28.9 Å². The predicted molar refractivity (Wildman–Crippen MR) is 112 cm³/mol. The van der Waals surface area contributed by atoms with Gasteiger partial charge in [-0.3, -0.25) is 14.9 Å². The van der Waals surface area contributed by atoms with Gasteiger partial charge in [-0.05, 0) is 43.5 Å². The largest absolute Gasteiger partial charge is 0.351 e. The van der Waals surface area contributed by atoms with Crippen molar-refractivity contribution in [1.29, 1.82) is 0 Å². The zero-order valence-electron chi connectivity index (χ0n) is 16.7. The Bertz CT molecular complexity index is 1210. The molecule has 2 aromatic heterocycles. The fourth-order valence-electron chi connectivity index (χ4n) is 3.40. The maximum absolute atomic E-state index is 13.2. The van der Waals surface area contributed by atoms with Crippen LogP contribution >= 0.6 is 0 Å². The van der Waals surface area contributed by atoms with Crippen LogP contribution in [-0.2, 0) is 9.59 Å². The summed E-state index contributed by atoms with van der Waals surface area (Å²) in [5, 5.41) is 13.2. The Labute approximate surface area is 176 Å². The molecule has 0 unspecified atom stereocenters. The third-order valence-corrected chi connectivity index (χ3v) is 5.25. The molecule has 2 amide bonds. The van der Waals surface area contributed by atoms with Crippen LogP contribution in [0.3, 0.4) is 0 Å². The van der Waals surface area contributed by atoms with Crippen LogP contribution in [0.1, 0.15) is 43.4 Å². The molecule has 31 heavy (non-hydrogen) atoms. The van der Waals surface area contributed by atoms with Crippen LogP contribution in [0.2, 0.25) is 0 Å². The first-order chi connectivity index (χ1) is 15.0. The summed E-state index contributed by atoms with van der Waals surface area (Å²) in [6.07, 6.45) is 5.37. The molecule has 1 saturated heterocycles. The van der Waals surface area contributed by atoms with E-state index in [1.165, 1.54) is 12.1 Å². The van der Waals surface area contributed by atoms with E-state index in [-0.39, 0.29) is 24.2 Å². The number of imide groups is 1. The van der Waals surface area contributed by atoms with Gasteiger partial charge in [0.1, 0.15) is 5.82 Å². The topological polar surface area (TPSA) is 113 Å². The third-order valence-electron chi connectivity index (χ3n) is 5.25. The molecule has 10 heteroatoms. The molecule has 2 fully saturated rings. The lowest BCUT2D eigenvalue weighted by atomic mass is 10.1. The molecule has 1 aliphatic carbocycles. The maximum Gasteiger partial charge on any atom is 0.254 e. The van der Waals surface area contributed by atoms with Gasteiger partial charge in [0, 0.05) is 17.2 Å². The smallest absolute Gasteiger partial charge is 0.254 e. The predicted octanol–water partition coefficient (Wildman–Crippen LogP) is 2.44. The van der Waals surface area contributed by atoms with Gasteiger partial charge in [0.2, 0.25) is 17.8 Å². The third kappa shape index (κ3) is 3.96. The zero-order valence-corrected chi connectivity index (χ0v) is 16.7. The molecule has 9 nitrogen and oxygen atoms in total. The molecular formula is C21H20FN7O2. The lowest BCUT2D eigenvalue weighted by molar-refractivity contribution is -0.124.